The Morgan fingerprint density at radius 2 is 1.52 bits per heavy atom. The van der Waals surface area contributed by atoms with E-state index in [-0.39, 0.29) is 23.5 Å². The molecule has 6 nitrogen and oxygen atoms in total. The Balaban J connectivity index is 1.51. The van der Waals surface area contributed by atoms with Gasteiger partial charge in [-0.05, 0) is 44.2 Å². The molecule has 6 heteroatoms. The second-order valence-corrected chi connectivity index (χ2v) is 7.08. The van der Waals surface area contributed by atoms with Crippen molar-refractivity contribution in [1.29, 1.82) is 0 Å². The van der Waals surface area contributed by atoms with Crippen molar-refractivity contribution in [3.05, 3.63) is 88.9 Å². The fraction of sp³-hybridized carbons (Fsp3) is 0.174. The molecule has 1 amide bonds. The number of hydrogen-bond acceptors (Lipinski definition) is 5. The van der Waals surface area contributed by atoms with Crippen LogP contribution in [0.1, 0.15) is 57.5 Å². The normalized spacial score (nSPS) is 14.7. The lowest BCUT2D eigenvalue weighted by Gasteiger charge is -2.20. The zero-order valence-corrected chi connectivity index (χ0v) is 16.1. The summed E-state index contributed by atoms with van der Waals surface area (Å²) in [5, 5.41) is 5.97. The summed E-state index contributed by atoms with van der Waals surface area (Å²) in [6.45, 7) is 3.65. The predicted octanol–water partition coefficient (Wildman–Crippen LogP) is 3.73. The molecule has 2 atom stereocenters. The summed E-state index contributed by atoms with van der Waals surface area (Å²) in [6, 6.07) is 14.6. The number of nitrogens with one attached hydrogen (secondary N) is 2. The maximum absolute atomic E-state index is 12.8. The standard InChI is InChI=1S/C23H20N2O4/c1-13(20-8-5-11-29-20)24-14(2)23(28)25-15-9-10-18-19(12-15)22(27)17-7-4-3-6-16(17)21(18)26/h3-14,24H,1-2H3,(H,25,28)/t13-,14+/m1/s1. The highest BCUT2D eigenvalue weighted by molar-refractivity contribution is 6.28. The quantitative estimate of drug-likeness (QED) is 0.544. The molecule has 0 bridgehead atoms. The molecule has 1 aliphatic carbocycles. The fourth-order valence-corrected chi connectivity index (χ4v) is 3.50. The van der Waals surface area contributed by atoms with E-state index in [1.54, 1.807) is 61.7 Å². The van der Waals surface area contributed by atoms with Gasteiger partial charge in [0.05, 0.1) is 18.3 Å². The summed E-state index contributed by atoms with van der Waals surface area (Å²) in [6.07, 6.45) is 1.59. The minimum Gasteiger partial charge on any atom is -0.468 e. The van der Waals surface area contributed by atoms with Gasteiger partial charge in [0.25, 0.3) is 0 Å². The van der Waals surface area contributed by atoms with Gasteiger partial charge in [-0.15, -0.1) is 0 Å². The zero-order valence-electron chi connectivity index (χ0n) is 16.1. The molecule has 0 fully saturated rings. The topological polar surface area (TPSA) is 88.4 Å². The lowest BCUT2D eigenvalue weighted by molar-refractivity contribution is -0.118. The van der Waals surface area contributed by atoms with E-state index in [9.17, 15) is 14.4 Å². The van der Waals surface area contributed by atoms with E-state index in [0.717, 1.165) is 5.76 Å². The molecule has 0 aliphatic heterocycles. The number of amides is 1. The SMILES string of the molecule is C[C@H](N[C@H](C)c1ccco1)C(=O)Nc1ccc2c(c1)C(=O)c1ccccc1C2=O. The molecule has 0 radical (unpaired) electrons. The van der Waals surface area contributed by atoms with Crippen LogP contribution in [-0.2, 0) is 4.79 Å². The molecule has 1 aliphatic rings. The first-order valence-corrected chi connectivity index (χ1v) is 9.38. The van der Waals surface area contributed by atoms with Crippen LogP contribution >= 0.6 is 0 Å². The van der Waals surface area contributed by atoms with Gasteiger partial charge >= 0.3 is 0 Å². The van der Waals surface area contributed by atoms with Crippen molar-refractivity contribution in [3.8, 4) is 0 Å². The number of rotatable bonds is 5. The number of anilines is 1. The molecule has 2 aromatic carbocycles. The van der Waals surface area contributed by atoms with Crippen LogP contribution in [0.2, 0.25) is 0 Å². The second kappa shape index (κ2) is 7.48. The number of fused-ring (bicyclic) bond motifs is 2. The highest BCUT2D eigenvalue weighted by Gasteiger charge is 2.29. The number of carbonyl (C=O) groups is 3. The van der Waals surface area contributed by atoms with E-state index >= 15 is 0 Å². The molecule has 146 valence electrons. The van der Waals surface area contributed by atoms with Gasteiger partial charge in [0.15, 0.2) is 11.6 Å². The molecule has 0 saturated carbocycles. The van der Waals surface area contributed by atoms with Crippen molar-refractivity contribution in [2.24, 2.45) is 0 Å². The summed E-state index contributed by atoms with van der Waals surface area (Å²) >= 11 is 0. The smallest absolute Gasteiger partial charge is 0.241 e. The first-order valence-electron chi connectivity index (χ1n) is 9.38. The molecule has 29 heavy (non-hydrogen) atoms. The summed E-state index contributed by atoms with van der Waals surface area (Å²) in [5.41, 5.74) is 1.91. The van der Waals surface area contributed by atoms with Gasteiger partial charge in [-0.2, -0.15) is 0 Å². The Kier molecular flexibility index (Phi) is 4.86. The maximum Gasteiger partial charge on any atom is 0.241 e. The van der Waals surface area contributed by atoms with Crippen molar-refractivity contribution in [2.45, 2.75) is 25.9 Å². The highest BCUT2D eigenvalue weighted by atomic mass is 16.3. The average molecular weight is 388 g/mol. The number of carbonyl (C=O) groups excluding carboxylic acids is 3. The van der Waals surface area contributed by atoms with Crippen LogP contribution in [0.3, 0.4) is 0 Å². The second-order valence-electron chi connectivity index (χ2n) is 7.08. The van der Waals surface area contributed by atoms with Gasteiger partial charge in [-0.3, -0.25) is 19.7 Å². The van der Waals surface area contributed by atoms with Crippen LogP contribution in [0.5, 0.6) is 0 Å². The van der Waals surface area contributed by atoms with Crippen LogP contribution in [0.15, 0.2) is 65.3 Å². The number of ketones is 2. The highest BCUT2D eigenvalue weighted by Crippen LogP contribution is 2.29. The lowest BCUT2D eigenvalue weighted by atomic mass is 9.84. The Morgan fingerprint density at radius 3 is 2.17 bits per heavy atom. The van der Waals surface area contributed by atoms with E-state index < -0.39 is 6.04 Å². The molecular weight excluding hydrogens is 368 g/mol. The van der Waals surface area contributed by atoms with Gasteiger partial charge < -0.3 is 9.73 Å². The first kappa shape index (κ1) is 18.8. The molecule has 0 unspecified atom stereocenters. The molecular formula is C23H20N2O4. The van der Waals surface area contributed by atoms with E-state index in [0.29, 0.717) is 27.9 Å². The molecule has 0 saturated heterocycles. The number of benzene rings is 2. The zero-order chi connectivity index (χ0) is 20.5. The third kappa shape index (κ3) is 3.50. The van der Waals surface area contributed by atoms with Gasteiger partial charge in [0, 0.05) is 27.9 Å². The van der Waals surface area contributed by atoms with Crippen molar-refractivity contribution < 1.29 is 18.8 Å². The molecule has 4 rings (SSSR count). The summed E-state index contributed by atoms with van der Waals surface area (Å²) in [7, 11) is 0. The van der Waals surface area contributed by atoms with E-state index in [1.807, 2.05) is 13.0 Å². The van der Waals surface area contributed by atoms with E-state index in [4.69, 9.17) is 4.42 Å². The average Bonchev–Trinajstić information content (AvgIpc) is 3.27. The van der Waals surface area contributed by atoms with Gasteiger partial charge in [-0.25, -0.2) is 0 Å². The van der Waals surface area contributed by atoms with Crippen molar-refractivity contribution in [2.75, 3.05) is 5.32 Å². The Morgan fingerprint density at radius 1 is 0.862 bits per heavy atom. The molecule has 3 aromatic rings. The fourth-order valence-electron chi connectivity index (χ4n) is 3.50. The summed E-state index contributed by atoms with van der Waals surface area (Å²) in [4.78, 5) is 38.1. The predicted molar refractivity (Wildman–Crippen MR) is 108 cm³/mol. The minimum atomic E-state index is -0.496. The Labute approximate surface area is 167 Å². The van der Waals surface area contributed by atoms with Crippen LogP contribution < -0.4 is 10.6 Å². The van der Waals surface area contributed by atoms with Crippen molar-refractivity contribution in [1.82, 2.24) is 5.32 Å². The molecule has 1 heterocycles. The summed E-state index contributed by atoms with van der Waals surface area (Å²) < 4.78 is 5.34. The van der Waals surface area contributed by atoms with Crippen molar-refractivity contribution in [3.63, 3.8) is 0 Å². The largest absolute Gasteiger partial charge is 0.468 e. The van der Waals surface area contributed by atoms with E-state index in [2.05, 4.69) is 10.6 Å². The number of furan rings is 1. The Bertz CT molecular complexity index is 1100. The monoisotopic (exact) mass is 388 g/mol. The lowest BCUT2D eigenvalue weighted by Crippen LogP contribution is -2.39. The van der Waals surface area contributed by atoms with Crippen LogP contribution in [0, 0.1) is 0 Å². The Hall–Kier alpha value is -3.51. The summed E-state index contributed by atoms with van der Waals surface area (Å²) in [5.74, 6) is 0.0823. The van der Waals surface area contributed by atoms with Crippen LogP contribution in [0.25, 0.3) is 0 Å². The van der Waals surface area contributed by atoms with Crippen molar-refractivity contribution >= 4 is 23.2 Å². The number of hydrogen-bond donors (Lipinski definition) is 2. The van der Waals surface area contributed by atoms with E-state index in [1.165, 1.54) is 0 Å². The maximum atomic E-state index is 12.8. The first-order chi connectivity index (χ1) is 14.0. The molecule has 1 aromatic heterocycles. The van der Waals surface area contributed by atoms with Gasteiger partial charge in [0.1, 0.15) is 5.76 Å². The minimum absolute atomic E-state index is 0.134. The van der Waals surface area contributed by atoms with Crippen LogP contribution in [0.4, 0.5) is 5.69 Å². The van der Waals surface area contributed by atoms with Crippen LogP contribution in [-0.4, -0.2) is 23.5 Å². The third-order valence-corrected chi connectivity index (χ3v) is 5.06. The molecule has 2 N–H and O–H groups in total. The third-order valence-electron chi connectivity index (χ3n) is 5.06. The van der Waals surface area contributed by atoms with Gasteiger partial charge in [-0.1, -0.05) is 24.3 Å². The van der Waals surface area contributed by atoms with Gasteiger partial charge in [0.2, 0.25) is 5.91 Å². The molecule has 0 spiro atoms.